The monoisotopic (exact) mass is 319 g/mol. The van der Waals surface area contributed by atoms with Crippen LogP contribution in [0.5, 0.6) is 0 Å². The number of anilines is 1. The van der Waals surface area contributed by atoms with Crippen molar-refractivity contribution in [1.29, 1.82) is 0 Å². The van der Waals surface area contributed by atoms with E-state index in [1.807, 2.05) is 48.8 Å². The molecule has 0 amide bonds. The molecule has 0 fully saturated rings. The van der Waals surface area contributed by atoms with Crippen molar-refractivity contribution in [3.63, 3.8) is 0 Å². The molecule has 120 valence electrons. The quantitative estimate of drug-likeness (QED) is 0.577. The minimum atomic E-state index is 0.628. The summed E-state index contributed by atoms with van der Waals surface area (Å²) >= 11 is 0. The predicted octanol–water partition coefficient (Wildman–Crippen LogP) is 3.33. The molecule has 0 unspecified atom stereocenters. The molecule has 0 aliphatic rings. The van der Waals surface area contributed by atoms with Crippen LogP contribution in [0.2, 0.25) is 0 Å². The summed E-state index contributed by atoms with van der Waals surface area (Å²) < 4.78 is 6.79. The topological polar surface area (TPSA) is 59.5 Å². The number of hydrogen-bond donors (Lipinski definition) is 0. The van der Waals surface area contributed by atoms with E-state index in [4.69, 9.17) is 9.51 Å². The molecule has 0 aliphatic carbocycles. The molecular formula is C18H17N5O. The first-order valence-corrected chi connectivity index (χ1v) is 7.74. The van der Waals surface area contributed by atoms with Crippen molar-refractivity contribution in [3.05, 3.63) is 66.2 Å². The Labute approximate surface area is 139 Å². The van der Waals surface area contributed by atoms with E-state index in [1.165, 1.54) is 0 Å². The zero-order valence-corrected chi connectivity index (χ0v) is 13.5. The molecule has 3 aromatic heterocycles. The van der Waals surface area contributed by atoms with Gasteiger partial charge in [-0.15, -0.1) is 0 Å². The maximum Gasteiger partial charge on any atom is 0.158 e. The Morgan fingerprint density at radius 3 is 2.71 bits per heavy atom. The maximum atomic E-state index is 4.92. The lowest BCUT2D eigenvalue weighted by molar-refractivity contribution is 0.411. The van der Waals surface area contributed by atoms with Crippen molar-refractivity contribution in [1.82, 2.24) is 19.8 Å². The lowest BCUT2D eigenvalue weighted by atomic mass is 10.1. The van der Waals surface area contributed by atoms with Crippen molar-refractivity contribution >= 4 is 11.5 Å². The largest absolute Gasteiger partial charge is 0.364 e. The highest BCUT2D eigenvalue weighted by Gasteiger charge is 2.14. The van der Waals surface area contributed by atoms with E-state index in [-0.39, 0.29) is 0 Å². The van der Waals surface area contributed by atoms with Gasteiger partial charge < -0.3 is 9.42 Å². The summed E-state index contributed by atoms with van der Waals surface area (Å²) in [5.41, 5.74) is 4.63. The predicted molar refractivity (Wildman–Crippen MR) is 91.8 cm³/mol. The van der Waals surface area contributed by atoms with Crippen LogP contribution in [-0.4, -0.2) is 26.8 Å². The Hall–Kier alpha value is -3.15. The van der Waals surface area contributed by atoms with Crippen LogP contribution in [0.3, 0.4) is 0 Å². The van der Waals surface area contributed by atoms with Crippen LogP contribution in [0.4, 0.5) is 5.82 Å². The number of nitrogens with zero attached hydrogens (tertiary/aromatic N) is 5. The third-order valence-electron chi connectivity index (χ3n) is 3.88. The average molecular weight is 319 g/mol. The van der Waals surface area contributed by atoms with Gasteiger partial charge in [0.15, 0.2) is 5.65 Å². The van der Waals surface area contributed by atoms with Crippen LogP contribution in [0.1, 0.15) is 11.4 Å². The number of rotatable bonds is 4. The molecule has 1 aromatic carbocycles. The van der Waals surface area contributed by atoms with Crippen molar-refractivity contribution in [2.45, 2.75) is 13.5 Å². The molecule has 0 aliphatic heterocycles. The zero-order chi connectivity index (χ0) is 16.5. The molecule has 0 saturated carbocycles. The molecule has 0 saturated heterocycles. The Balaban J connectivity index is 1.83. The minimum absolute atomic E-state index is 0.628. The van der Waals surface area contributed by atoms with Crippen LogP contribution in [0.15, 0.2) is 59.3 Å². The summed E-state index contributed by atoms with van der Waals surface area (Å²) in [6, 6.07) is 16.1. The molecule has 24 heavy (non-hydrogen) atoms. The fourth-order valence-electron chi connectivity index (χ4n) is 2.74. The van der Waals surface area contributed by atoms with Gasteiger partial charge in [0.1, 0.15) is 17.8 Å². The van der Waals surface area contributed by atoms with Gasteiger partial charge in [0.05, 0.1) is 17.9 Å². The molecule has 0 radical (unpaired) electrons. The third kappa shape index (κ3) is 2.62. The van der Waals surface area contributed by atoms with E-state index in [9.17, 15) is 0 Å². The van der Waals surface area contributed by atoms with Gasteiger partial charge in [-0.2, -0.15) is 9.61 Å². The standard InChI is InChI=1S/C18H17N5O/c1-13-10-17-19-16(14-6-4-3-5-7-14)11-18(23(17)20-13)22(2)12-15-8-9-24-21-15/h3-11H,12H2,1-2H3. The third-order valence-corrected chi connectivity index (χ3v) is 3.88. The number of aryl methyl sites for hydroxylation is 1. The SMILES string of the molecule is Cc1cc2nc(-c3ccccc3)cc(N(C)Cc3ccon3)n2n1. The Morgan fingerprint density at radius 2 is 1.96 bits per heavy atom. The highest BCUT2D eigenvalue weighted by atomic mass is 16.5. The molecule has 3 heterocycles. The van der Waals surface area contributed by atoms with Crippen molar-refractivity contribution in [2.75, 3.05) is 11.9 Å². The zero-order valence-electron chi connectivity index (χ0n) is 13.5. The highest BCUT2D eigenvalue weighted by molar-refractivity contribution is 5.67. The van der Waals surface area contributed by atoms with Crippen LogP contribution >= 0.6 is 0 Å². The van der Waals surface area contributed by atoms with Gasteiger partial charge in [0.2, 0.25) is 0 Å². The van der Waals surface area contributed by atoms with Crippen LogP contribution in [-0.2, 0) is 6.54 Å². The molecule has 4 aromatic rings. The number of hydrogen-bond acceptors (Lipinski definition) is 5. The second kappa shape index (κ2) is 5.81. The van der Waals surface area contributed by atoms with E-state index in [1.54, 1.807) is 6.26 Å². The molecule has 0 atom stereocenters. The number of aromatic nitrogens is 4. The average Bonchev–Trinajstić information content (AvgIpc) is 3.22. The number of benzene rings is 1. The van der Waals surface area contributed by atoms with Gasteiger partial charge in [0, 0.05) is 30.8 Å². The summed E-state index contributed by atoms with van der Waals surface area (Å²) in [6.07, 6.45) is 1.58. The van der Waals surface area contributed by atoms with Gasteiger partial charge in [0.25, 0.3) is 0 Å². The molecular weight excluding hydrogens is 302 g/mol. The lowest BCUT2D eigenvalue weighted by Crippen LogP contribution is -2.20. The summed E-state index contributed by atoms with van der Waals surface area (Å²) in [4.78, 5) is 6.83. The van der Waals surface area contributed by atoms with Gasteiger partial charge >= 0.3 is 0 Å². The van der Waals surface area contributed by atoms with Crippen molar-refractivity contribution in [2.24, 2.45) is 0 Å². The first kappa shape index (κ1) is 14.4. The van der Waals surface area contributed by atoms with E-state index >= 15 is 0 Å². The van der Waals surface area contributed by atoms with Gasteiger partial charge in [-0.25, -0.2) is 4.98 Å². The van der Waals surface area contributed by atoms with Gasteiger partial charge in [-0.1, -0.05) is 35.5 Å². The van der Waals surface area contributed by atoms with Crippen LogP contribution < -0.4 is 4.90 Å². The fourth-order valence-corrected chi connectivity index (χ4v) is 2.74. The second-order valence-electron chi connectivity index (χ2n) is 5.77. The minimum Gasteiger partial charge on any atom is -0.364 e. The molecule has 0 spiro atoms. The first-order valence-electron chi connectivity index (χ1n) is 7.74. The summed E-state index contributed by atoms with van der Waals surface area (Å²) in [5, 5.41) is 8.55. The van der Waals surface area contributed by atoms with Crippen molar-refractivity contribution < 1.29 is 4.52 Å². The summed E-state index contributed by atoms with van der Waals surface area (Å²) in [7, 11) is 2.01. The first-order chi connectivity index (χ1) is 11.7. The number of fused-ring (bicyclic) bond motifs is 1. The molecule has 0 N–H and O–H groups in total. The normalized spacial score (nSPS) is 11.1. The highest BCUT2D eigenvalue weighted by Crippen LogP contribution is 2.25. The smallest absolute Gasteiger partial charge is 0.158 e. The molecule has 0 bridgehead atoms. The second-order valence-corrected chi connectivity index (χ2v) is 5.77. The van der Waals surface area contributed by atoms with Gasteiger partial charge in [-0.05, 0) is 6.92 Å². The molecule has 4 rings (SSSR count). The van der Waals surface area contributed by atoms with E-state index in [0.717, 1.165) is 34.1 Å². The summed E-state index contributed by atoms with van der Waals surface area (Å²) in [6.45, 7) is 2.60. The van der Waals surface area contributed by atoms with E-state index < -0.39 is 0 Å². The molecule has 6 heteroatoms. The van der Waals surface area contributed by atoms with Crippen LogP contribution in [0.25, 0.3) is 16.9 Å². The molecule has 6 nitrogen and oxygen atoms in total. The van der Waals surface area contributed by atoms with Gasteiger partial charge in [-0.3, -0.25) is 0 Å². The van der Waals surface area contributed by atoms with Crippen LogP contribution in [0, 0.1) is 6.92 Å². The van der Waals surface area contributed by atoms with E-state index in [0.29, 0.717) is 6.54 Å². The van der Waals surface area contributed by atoms with Crippen molar-refractivity contribution in [3.8, 4) is 11.3 Å². The summed E-state index contributed by atoms with van der Waals surface area (Å²) in [5.74, 6) is 0.954. The maximum absolute atomic E-state index is 4.92. The Bertz CT molecular complexity index is 960. The van der Waals surface area contributed by atoms with E-state index in [2.05, 4.69) is 33.4 Å². The Morgan fingerprint density at radius 1 is 1.12 bits per heavy atom. The lowest BCUT2D eigenvalue weighted by Gasteiger charge is -2.19. The Kier molecular flexibility index (Phi) is 3.49. The fraction of sp³-hybridized carbons (Fsp3) is 0.167.